The Balaban J connectivity index is 0.00000225. The van der Waals surface area contributed by atoms with Crippen molar-refractivity contribution in [1.29, 1.82) is 0 Å². The first-order valence-electron chi connectivity index (χ1n) is 4.85. The summed E-state index contributed by atoms with van der Waals surface area (Å²) in [6, 6.07) is 5.73. The number of benzene rings is 1. The van der Waals surface area contributed by atoms with Crippen molar-refractivity contribution in [2.45, 2.75) is 6.54 Å². The van der Waals surface area contributed by atoms with Gasteiger partial charge in [-0.2, -0.15) is 0 Å². The Morgan fingerprint density at radius 1 is 1.25 bits per heavy atom. The summed E-state index contributed by atoms with van der Waals surface area (Å²) in [6.45, 7) is 1.35. The number of halogens is 1. The Hall–Kier alpha value is -0.970. The van der Waals surface area contributed by atoms with Gasteiger partial charge in [-0.25, -0.2) is 0 Å². The molecule has 16 heavy (non-hydrogen) atoms. The van der Waals surface area contributed by atoms with Crippen molar-refractivity contribution in [2.75, 3.05) is 27.4 Å². The SMILES string of the molecule is COc1cccc(CNCCO)c1OC.Cl. The molecule has 0 spiro atoms. The molecule has 2 N–H and O–H groups in total. The number of ether oxygens (including phenoxy) is 2. The number of rotatable bonds is 6. The molecule has 5 heteroatoms. The van der Waals surface area contributed by atoms with E-state index >= 15 is 0 Å². The first-order valence-corrected chi connectivity index (χ1v) is 4.85. The summed E-state index contributed by atoms with van der Waals surface area (Å²) in [5.41, 5.74) is 1.02. The molecule has 0 aliphatic heterocycles. The zero-order chi connectivity index (χ0) is 11.1. The first-order chi connectivity index (χ1) is 7.33. The quantitative estimate of drug-likeness (QED) is 0.742. The second-order valence-corrected chi connectivity index (χ2v) is 3.05. The van der Waals surface area contributed by atoms with Crippen molar-refractivity contribution >= 4 is 12.4 Å². The lowest BCUT2D eigenvalue weighted by Gasteiger charge is -2.12. The lowest BCUT2D eigenvalue weighted by molar-refractivity contribution is 0.291. The highest BCUT2D eigenvalue weighted by atomic mass is 35.5. The predicted molar refractivity (Wildman–Crippen MR) is 65.6 cm³/mol. The van der Waals surface area contributed by atoms with Crippen LogP contribution in [0.5, 0.6) is 11.5 Å². The molecule has 1 aromatic carbocycles. The van der Waals surface area contributed by atoms with Gasteiger partial charge in [-0.05, 0) is 6.07 Å². The van der Waals surface area contributed by atoms with Crippen LogP contribution in [-0.2, 0) is 6.54 Å². The third-order valence-electron chi connectivity index (χ3n) is 2.09. The van der Waals surface area contributed by atoms with E-state index in [2.05, 4.69) is 5.32 Å². The minimum Gasteiger partial charge on any atom is -0.493 e. The number of aliphatic hydroxyl groups excluding tert-OH is 1. The average Bonchev–Trinajstić information content (AvgIpc) is 2.29. The van der Waals surface area contributed by atoms with E-state index in [4.69, 9.17) is 14.6 Å². The molecule has 0 heterocycles. The van der Waals surface area contributed by atoms with E-state index < -0.39 is 0 Å². The van der Waals surface area contributed by atoms with Crippen LogP contribution >= 0.6 is 12.4 Å². The summed E-state index contributed by atoms with van der Waals surface area (Å²) >= 11 is 0. The van der Waals surface area contributed by atoms with E-state index in [1.165, 1.54) is 0 Å². The number of nitrogens with one attached hydrogen (secondary N) is 1. The molecular formula is C11H18ClNO3. The number of hydrogen-bond acceptors (Lipinski definition) is 4. The van der Waals surface area contributed by atoms with Gasteiger partial charge >= 0.3 is 0 Å². The standard InChI is InChI=1S/C11H17NO3.ClH/c1-14-10-5-3-4-9(11(10)15-2)8-12-6-7-13;/h3-5,12-13H,6-8H2,1-2H3;1H. The van der Waals surface area contributed by atoms with Gasteiger partial charge < -0.3 is 19.9 Å². The van der Waals surface area contributed by atoms with Gasteiger partial charge in [-0.1, -0.05) is 12.1 Å². The van der Waals surface area contributed by atoms with Crippen LogP contribution in [0.25, 0.3) is 0 Å². The molecule has 0 amide bonds. The van der Waals surface area contributed by atoms with Crippen molar-refractivity contribution in [3.8, 4) is 11.5 Å². The Morgan fingerprint density at radius 2 is 2.00 bits per heavy atom. The normalized spacial score (nSPS) is 9.44. The molecular weight excluding hydrogens is 230 g/mol. The Labute approximate surface area is 102 Å². The van der Waals surface area contributed by atoms with Gasteiger partial charge in [-0.15, -0.1) is 12.4 Å². The first kappa shape index (κ1) is 15.0. The van der Waals surface area contributed by atoms with Crippen LogP contribution in [-0.4, -0.2) is 32.5 Å². The molecule has 1 rings (SSSR count). The Kier molecular flexibility index (Phi) is 7.72. The maximum absolute atomic E-state index is 8.65. The van der Waals surface area contributed by atoms with Gasteiger partial charge in [-0.3, -0.25) is 0 Å². The van der Waals surface area contributed by atoms with E-state index in [1.54, 1.807) is 14.2 Å². The van der Waals surface area contributed by atoms with Crippen molar-refractivity contribution < 1.29 is 14.6 Å². The molecule has 0 unspecified atom stereocenters. The summed E-state index contributed by atoms with van der Waals surface area (Å²) in [7, 11) is 3.23. The maximum Gasteiger partial charge on any atom is 0.165 e. The molecule has 0 saturated heterocycles. The van der Waals surface area contributed by atoms with Gasteiger partial charge in [0.15, 0.2) is 11.5 Å². The monoisotopic (exact) mass is 247 g/mol. The topological polar surface area (TPSA) is 50.7 Å². The third kappa shape index (κ3) is 3.89. The number of para-hydroxylation sites is 1. The number of methoxy groups -OCH3 is 2. The van der Waals surface area contributed by atoms with E-state index in [-0.39, 0.29) is 19.0 Å². The highest BCUT2D eigenvalue weighted by molar-refractivity contribution is 5.85. The van der Waals surface area contributed by atoms with Crippen LogP contribution in [0, 0.1) is 0 Å². The zero-order valence-corrected chi connectivity index (χ0v) is 10.3. The zero-order valence-electron chi connectivity index (χ0n) is 9.53. The molecule has 0 aliphatic rings. The van der Waals surface area contributed by atoms with Crippen LogP contribution in [0.15, 0.2) is 18.2 Å². The van der Waals surface area contributed by atoms with E-state index in [9.17, 15) is 0 Å². The van der Waals surface area contributed by atoms with Crippen LogP contribution in [0.4, 0.5) is 0 Å². The van der Waals surface area contributed by atoms with Gasteiger partial charge in [0.05, 0.1) is 20.8 Å². The van der Waals surface area contributed by atoms with E-state index in [0.29, 0.717) is 13.1 Å². The van der Waals surface area contributed by atoms with E-state index in [1.807, 2.05) is 18.2 Å². The molecule has 0 saturated carbocycles. The molecule has 0 bridgehead atoms. The second-order valence-electron chi connectivity index (χ2n) is 3.05. The molecule has 0 aliphatic carbocycles. The van der Waals surface area contributed by atoms with Crippen molar-refractivity contribution in [3.05, 3.63) is 23.8 Å². The van der Waals surface area contributed by atoms with Crippen molar-refractivity contribution in [2.24, 2.45) is 0 Å². The smallest absolute Gasteiger partial charge is 0.165 e. The third-order valence-corrected chi connectivity index (χ3v) is 2.09. The second kappa shape index (κ2) is 8.21. The lowest BCUT2D eigenvalue weighted by atomic mass is 10.2. The van der Waals surface area contributed by atoms with Crippen molar-refractivity contribution in [1.82, 2.24) is 5.32 Å². The Morgan fingerprint density at radius 3 is 2.56 bits per heavy atom. The molecule has 0 aromatic heterocycles. The van der Waals surface area contributed by atoms with Gasteiger partial charge in [0.1, 0.15) is 0 Å². The van der Waals surface area contributed by atoms with Gasteiger partial charge in [0, 0.05) is 18.7 Å². The Bertz CT molecular complexity index is 307. The fourth-order valence-electron chi connectivity index (χ4n) is 1.40. The fourth-order valence-corrected chi connectivity index (χ4v) is 1.40. The number of hydrogen-bond donors (Lipinski definition) is 2. The van der Waals surface area contributed by atoms with Crippen LogP contribution in [0.3, 0.4) is 0 Å². The maximum atomic E-state index is 8.65. The highest BCUT2D eigenvalue weighted by Gasteiger charge is 2.08. The van der Waals surface area contributed by atoms with Crippen LogP contribution in [0.1, 0.15) is 5.56 Å². The summed E-state index contributed by atoms with van der Waals surface area (Å²) in [5, 5.41) is 11.7. The molecule has 1 aromatic rings. The average molecular weight is 248 g/mol. The summed E-state index contributed by atoms with van der Waals surface area (Å²) in [6.07, 6.45) is 0. The van der Waals surface area contributed by atoms with Gasteiger partial charge in [0.2, 0.25) is 0 Å². The van der Waals surface area contributed by atoms with Gasteiger partial charge in [0.25, 0.3) is 0 Å². The summed E-state index contributed by atoms with van der Waals surface area (Å²) in [5.74, 6) is 1.46. The molecule has 0 atom stereocenters. The lowest BCUT2D eigenvalue weighted by Crippen LogP contribution is -2.17. The molecule has 92 valence electrons. The fraction of sp³-hybridized carbons (Fsp3) is 0.455. The minimum absolute atomic E-state index is 0. The molecule has 0 fully saturated rings. The molecule has 0 radical (unpaired) electrons. The van der Waals surface area contributed by atoms with Crippen molar-refractivity contribution in [3.63, 3.8) is 0 Å². The predicted octanol–water partition coefficient (Wildman–Crippen LogP) is 1.21. The molecule has 4 nitrogen and oxygen atoms in total. The minimum atomic E-state index is 0. The van der Waals surface area contributed by atoms with E-state index in [0.717, 1.165) is 17.1 Å². The highest BCUT2D eigenvalue weighted by Crippen LogP contribution is 2.30. The number of aliphatic hydroxyl groups is 1. The summed E-state index contributed by atoms with van der Waals surface area (Å²) < 4.78 is 10.5. The van der Waals surface area contributed by atoms with Crippen LogP contribution in [0.2, 0.25) is 0 Å². The summed E-state index contributed by atoms with van der Waals surface area (Å²) in [4.78, 5) is 0. The largest absolute Gasteiger partial charge is 0.493 e. The van der Waals surface area contributed by atoms with Crippen LogP contribution < -0.4 is 14.8 Å².